The van der Waals surface area contributed by atoms with Crippen molar-refractivity contribution in [3.63, 3.8) is 0 Å². The highest BCUT2D eigenvalue weighted by Crippen LogP contribution is 2.23. The number of benzene rings is 2. The van der Waals surface area contributed by atoms with E-state index in [2.05, 4.69) is 16.0 Å². The van der Waals surface area contributed by atoms with Gasteiger partial charge in [-0.05, 0) is 22.8 Å². The molecule has 22 heavy (non-hydrogen) atoms. The first-order valence-electron chi connectivity index (χ1n) is 7.18. The van der Waals surface area contributed by atoms with E-state index in [0.29, 0.717) is 19.5 Å². The molecule has 0 aliphatic carbocycles. The molecule has 1 aliphatic heterocycles. The fourth-order valence-corrected chi connectivity index (χ4v) is 2.42. The van der Waals surface area contributed by atoms with E-state index in [1.807, 2.05) is 48.5 Å². The van der Waals surface area contributed by atoms with Crippen LogP contribution in [0.15, 0.2) is 48.5 Å². The van der Waals surface area contributed by atoms with Gasteiger partial charge in [0.15, 0.2) is 0 Å². The zero-order chi connectivity index (χ0) is 15.4. The molecule has 0 bridgehead atoms. The topological polar surface area (TPSA) is 70.2 Å². The number of hydrogen-bond donors (Lipinski definition) is 3. The van der Waals surface area contributed by atoms with Crippen LogP contribution in [0.4, 0.5) is 10.5 Å². The van der Waals surface area contributed by atoms with Crippen molar-refractivity contribution in [2.24, 2.45) is 0 Å². The highest BCUT2D eigenvalue weighted by atomic mass is 16.2. The van der Waals surface area contributed by atoms with Crippen LogP contribution in [0.1, 0.15) is 16.7 Å². The van der Waals surface area contributed by atoms with Crippen LogP contribution in [0.2, 0.25) is 0 Å². The van der Waals surface area contributed by atoms with Crippen molar-refractivity contribution in [2.45, 2.75) is 19.5 Å². The van der Waals surface area contributed by atoms with Gasteiger partial charge in [-0.15, -0.1) is 0 Å². The van der Waals surface area contributed by atoms with Gasteiger partial charge >= 0.3 is 6.03 Å². The summed E-state index contributed by atoms with van der Waals surface area (Å²) in [6, 6.07) is 15.3. The lowest BCUT2D eigenvalue weighted by Gasteiger charge is -2.09. The third kappa shape index (κ3) is 3.44. The molecule has 2 aromatic carbocycles. The molecule has 5 heteroatoms. The summed E-state index contributed by atoms with van der Waals surface area (Å²) in [6.07, 6.45) is 0.406. The predicted octanol–water partition coefficient (Wildman–Crippen LogP) is 2.18. The molecule has 0 unspecified atom stereocenters. The second-order valence-electron chi connectivity index (χ2n) is 5.24. The van der Waals surface area contributed by atoms with Crippen molar-refractivity contribution >= 4 is 17.6 Å². The molecule has 0 aromatic heterocycles. The molecule has 3 amide bonds. The summed E-state index contributed by atoms with van der Waals surface area (Å²) in [4.78, 5) is 23.1. The summed E-state index contributed by atoms with van der Waals surface area (Å²) in [6.45, 7) is 0.928. The van der Waals surface area contributed by atoms with Gasteiger partial charge in [0, 0.05) is 18.8 Å². The lowest BCUT2D eigenvalue weighted by atomic mass is 10.1. The zero-order valence-corrected chi connectivity index (χ0v) is 12.1. The molecule has 112 valence electrons. The first-order chi connectivity index (χ1) is 10.7. The first kappa shape index (κ1) is 14.1. The molecule has 0 fully saturated rings. The van der Waals surface area contributed by atoms with Crippen molar-refractivity contribution in [2.75, 3.05) is 5.32 Å². The van der Waals surface area contributed by atoms with Gasteiger partial charge in [-0.2, -0.15) is 0 Å². The Kier molecular flexibility index (Phi) is 4.05. The van der Waals surface area contributed by atoms with Crippen molar-refractivity contribution in [3.05, 3.63) is 65.2 Å². The minimum absolute atomic E-state index is 0.0145. The maximum Gasteiger partial charge on any atom is 0.315 e. The average Bonchev–Trinajstić information content (AvgIpc) is 2.91. The lowest BCUT2D eigenvalue weighted by molar-refractivity contribution is -0.115. The number of rotatable bonds is 4. The number of anilines is 1. The Bertz CT molecular complexity index is 698. The van der Waals surface area contributed by atoms with Gasteiger partial charge in [0.1, 0.15) is 0 Å². The second kappa shape index (κ2) is 6.30. The largest absolute Gasteiger partial charge is 0.334 e. The number of carbonyl (C=O) groups excluding carboxylic acids is 2. The molecule has 2 aromatic rings. The fourth-order valence-electron chi connectivity index (χ4n) is 2.42. The van der Waals surface area contributed by atoms with Gasteiger partial charge < -0.3 is 16.0 Å². The summed E-state index contributed by atoms with van der Waals surface area (Å²) in [7, 11) is 0. The lowest BCUT2D eigenvalue weighted by Crippen LogP contribution is -2.34. The van der Waals surface area contributed by atoms with E-state index in [-0.39, 0.29) is 11.9 Å². The first-order valence-corrected chi connectivity index (χ1v) is 7.18. The molecular formula is C17H17N3O2. The Hall–Kier alpha value is -2.82. The smallest absolute Gasteiger partial charge is 0.315 e. The summed E-state index contributed by atoms with van der Waals surface area (Å²) in [5.41, 5.74) is 3.88. The van der Waals surface area contributed by atoms with E-state index < -0.39 is 0 Å². The van der Waals surface area contributed by atoms with Gasteiger partial charge in [0.05, 0.1) is 6.42 Å². The standard InChI is InChI=1S/C17H17N3O2/c21-16-9-14-8-13(6-7-15(14)20-16)11-19-17(22)18-10-12-4-2-1-3-5-12/h1-8H,9-11H2,(H,20,21)(H2,18,19,22). The molecule has 3 N–H and O–H groups in total. The van der Waals surface area contributed by atoms with Gasteiger partial charge in [-0.1, -0.05) is 42.5 Å². The minimum Gasteiger partial charge on any atom is -0.334 e. The Labute approximate surface area is 128 Å². The minimum atomic E-state index is -0.210. The van der Waals surface area contributed by atoms with Gasteiger partial charge in [-0.3, -0.25) is 4.79 Å². The molecule has 0 atom stereocenters. The molecule has 0 spiro atoms. The molecule has 3 rings (SSSR count). The van der Waals surface area contributed by atoms with E-state index in [1.54, 1.807) is 0 Å². The Morgan fingerprint density at radius 2 is 1.73 bits per heavy atom. The van der Waals surface area contributed by atoms with Gasteiger partial charge in [0.25, 0.3) is 0 Å². The van der Waals surface area contributed by atoms with Crippen LogP contribution in [0, 0.1) is 0 Å². The third-order valence-corrected chi connectivity index (χ3v) is 3.54. The number of fused-ring (bicyclic) bond motifs is 1. The average molecular weight is 295 g/mol. The maximum absolute atomic E-state index is 11.8. The number of urea groups is 1. The number of hydrogen-bond acceptors (Lipinski definition) is 2. The highest BCUT2D eigenvalue weighted by molar-refractivity contribution is 5.99. The van der Waals surface area contributed by atoms with Crippen LogP contribution in [0.3, 0.4) is 0 Å². The van der Waals surface area contributed by atoms with Crippen LogP contribution >= 0.6 is 0 Å². The quantitative estimate of drug-likeness (QED) is 0.809. The van der Waals surface area contributed by atoms with Crippen molar-refractivity contribution in [1.29, 1.82) is 0 Å². The second-order valence-corrected chi connectivity index (χ2v) is 5.24. The van der Waals surface area contributed by atoms with E-state index in [1.165, 1.54) is 0 Å². The SMILES string of the molecule is O=C1Cc2cc(CNC(=O)NCc3ccccc3)ccc2N1. The molecular weight excluding hydrogens is 278 g/mol. The van der Waals surface area contributed by atoms with E-state index in [4.69, 9.17) is 0 Å². The number of amides is 3. The van der Waals surface area contributed by atoms with E-state index >= 15 is 0 Å². The van der Waals surface area contributed by atoms with E-state index in [0.717, 1.165) is 22.4 Å². The molecule has 5 nitrogen and oxygen atoms in total. The number of nitrogens with one attached hydrogen (secondary N) is 3. The van der Waals surface area contributed by atoms with Gasteiger partial charge in [-0.25, -0.2) is 4.79 Å². The third-order valence-electron chi connectivity index (χ3n) is 3.54. The van der Waals surface area contributed by atoms with Crippen LogP contribution < -0.4 is 16.0 Å². The van der Waals surface area contributed by atoms with Gasteiger partial charge in [0.2, 0.25) is 5.91 Å². The zero-order valence-electron chi connectivity index (χ0n) is 12.1. The normalized spacial score (nSPS) is 12.5. The molecule has 0 saturated carbocycles. The Morgan fingerprint density at radius 1 is 1.00 bits per heavy atom. The Morgan fingerprint density at radius 3 is 2.50 bits per heavy atom. The molecule has 0 saturated heterocycles. The molecule has 1 aliphatic rings. The maximum atomic E-state index is 11.8. The molecule has 1 heterocycles. The number of carbonyl (C=O) groups is 2. The molecule has 0 radical (unpaired) electrons. The van der Waals surface area contributed by atoms with Crippen LogP contribution in [-0.4, -0.2) is 11.9 Å². The fraction of sp³-hybridized carbons (Fsp3) is 0.176. The van der Waals surface area contributed by atoms with Crippen molar-refractivity contribution in [1.82, 2.24) is 10.6 Å². The summed E-state index contributed by atoms with van der Waals surface area (Å²) >= 11 is 0. The van der Waals surface area contributed by atoms with Crippen molar-refractivity contribution in [3.8, 4) is 0 Å². The summed E-state index contributed by atoms with van der Waals surface area (Å²) in [5.74, 6) is 0.0145. The van der Waals surface area contributed by atoms with Crippen molar-refractivity contribution < 1.29 is 9.59 Å². The summed E-state index contributed by atoms with van der Waals surface area (Å²) in [5, 5.41) is 8.42. The van der Waals surface area contributed by atoms with Crippen LogP contribution in [0.25, 0.3) is 0 Å². The Balaban J connectivity index is 1.49. The highest BCUT2D eigenvalue weighted by Gasteiger charge is 2.17. The van der Waals surface area contributed by atoms with Crippen LogP contribution in [-0.2, 0) is 24.3 Å². The van der Waals surface area contributed by atoms with Crippen LogP contribution in [0.5, 0.6) is 0 Å². The van der Waals surface area contributed by atoms with E-state index in [9.17, 15) is 9.59 Å². The monoisotopic (exact) mass is 295 g/mol. The predicted molar refractivity (Wildman–Crippen MR) is 84.3 cm³/mol. The summed E-state index contributed by atoms with van der Waals surface area (Å²) < 4.78 is 0.